The van der Waals surface area contributed by atoms with Gasteiger partial charge in [-0.3, -0.25) is 4.31 Å². The Morgan fingerprint density at radius 3 is 2.23 bits per heavy atom. The van der Waals surface area contributed by atoms with Crippen molar-refractivity contribution < 1.29 is 22.3 Å². The molecule has 0 aromatic heterocycles. The molecule has 0 saturated heterocycles. The maximum atomic E-state index is 13.7. The predicted octanol–water partition coefficient (Wildman–Crippen LogP) is 5.76. The summed E-state index contributed by atoms with van der Waals surface area (Å²) in [7, 11) is -1.06. The van der Waals surface area contributed by atoms with Crippen molar-refractivity contribution in [1.82, 2.24) is 0 Å². The third-order valence-corrected chi connectivity index (χ3v) is 7.16. The van der Waals surface area contributed by atoms with Crippen LogP contribution < -0.4 is 13.8 Å². The lowest BCUT2D eigenvalue weighted by atomic mass is 10.1. The molecule has 0 bridgehead atoms. The monoisotopic (exact) mass is 463 g/mol. The molecule has 8 heteroatoms. The molecule has 0 aliphatic carbocycles. The van der Waals surface area contributed by atoms with Crippen LogP contribution >= 0.6 is 11.6 Å². The minimum absolute atomic E-state index is 0.117. The molecule has 0 radical (unpaired) electrons. The summed E-state index contributed by atoms with van der Waals surface area (Å²) in [5, 5.41) is -0.267. The summed E-state index contributed by atoms with van der Waals surface area (Å²) in [6.45, 7) is 3.66. The van der Waals surface area contributed by atoms with Gasteiger partial charge in [0.2, 0.25) is 0 Å². The third-order valence-electron chi connectivity index (χ3n) is 4.98. The van der Waals surface area contributed by atoms with Gasteiger partial charge in [0.1, 0.15) is 17.3 Å². The lowest BCUT2D eigenvalue weighted by molar-refractivity contribution is 0.396. The average molecular weight is 464 g/mol. The summed E-state index contributed by atoms with van der Waals surface area (Å²) >= 11 is 5.88. The fourth-order valence-corrected chi connectivity index (χ4v) is 5.21. The fourth-order valence-electron chi connectivity index (χ4n) is 3.31. The van der Waals surface area contributed by atoms with E-state index in [0.29, 0.717) is 22.7 Å². The Bertz CT molecular complexity index is 1180. The van der Waals surface area contributed by atoms with E-state index in [1.165, 1.54) is 24.6 Å². The predicted molar refractivity (Wildman–Crippen MR) is 120 cm³/mol. The molecule has 5 nitrogen and oxygen atoms in total. The van der Waals surface area contributed by atoms with E-state index in [2.05, 4.69) is 0 Å². The molecular formula is C23H23ClFNO4S. The van der Waals surface area contributed by atoms with Crippen LogP contribution in [0.5, 0.6) is 11.5 Å². The normalized spacial score (nSPS) is 12.3. The summed E-state index contributed by atoms with van der Waals surface area (Å²) in [6, 6.07) is 15.0. The Labute approximate surface area is 187 Å². The Hall–Kier alpha value is -2.77. The van der Waals surface area contributed by atoms with Gasteiger partial charge in [0.15, 0.2) is 0 Å². The van der Waals surface area contributed by atoms with Crippen molar-refractivity contribution in [3.05, 3.63) is 82.6 Å². The van der Waals surface area contributed by atoms with Crippen molar-refractivity contribution in [2.45, 2.75) is 24.8 Å². The van der Waals surface area contributed by atoms with E-state index in [1.807, 2.05) is 19.1 Å². The summed E-state index contributed by atoms with van der Waals surface area (Å²) < 4.78 is 53.2. The molecule has 0 aliphatic rings. The molecule has 0 N–H and O–H groups in total. The van der Waals surface area contributed by atoms with Crippen LogP contribution in [0, 0.1) is 12.7 Å². The zero-order chi connectivity index (χ0) is 22.8. The maximum absolute atomic E-state index is 13.7. The van der Waals surface area contributed by atoms with Gasteiger partial charge < -0.3 is 9.47 Å². The number of halogens is 2. The van der Waals surface area contributed by atoms with Crippen LogP contribution in [0.2, 0.25) is 5.02 Å². The van der Waals surface area contributed by atoms with E-state index in [-0.39, 0.29) is 9.92 Å². The van der Waals surface area contributed by atoms with Crippen molar-refractivity contribution in [2.24, 2.45) is 0 Å². The smallest absolute Gasteiger partial charge is 0.264 e. The number of sulfonamides is 1. The number of ether oxygens (including phenoxy) is 2. The quantitative estimate of drug-likeness (QED) is 0.447. The van der Waals surface area contributed by atoms with E-state index >= 15 is 0 Å². The van der Waals surface area contributed by atoms with Crippen LogP contribution in [-0.4, -0.2) is 22.6 Å². The lowest BCUT2D eigenvalue weighted by Crippen LogP contribution is -2.34. The first-order valence-corrected chi connectivity index (χ1v) is 11.3. The van der Waals surface area contributed by atoms with Gasteiger partial charge in [-0.15, -0.1) is 0 Å². The Balaban J connectivity index is 2.22. The van der Waals surface area contributed by atoms with Gasteiger partial charge in [-0.1, -0.05) is 29.3 Å². The number of rotatable bonds is 7. The number of methoxy groups -OCH3 is 2. The molecule has 31 heavy (non-hydrogen) atoms. The second-order valence-electron chi connectivity index (χ2n) is 7.00. The third kappa shape index (κ3) is 4.62. The van der Waals surface area contributed by atoms with Crippen LogP contribution in [0.4, 0.5) is 10.1 Å². The zero-order valence-corrected chi connectivity index (χ0v) is 19.2. The molecule has 0 heterocycles. The standard InChI is InChI=1S/C23H23ClFNO4S/c1-15-5-7-17(8-6-15)26(31(27,28)19-10-11-22(25)21(24)14-19)16(2)20-13-18(29-3)9-12-23(20)30-4/h5-14,16H,1-4H3/t16-/m1/s1. The first kappa shape index (κ1) is 22.9. The number of benzene rings is 3. The number of anilines is 1. The molecule has 0 spiro atoms. The largest absolute Gasteiger partial charge is 0.497 e. The topological polar surface area (TPSA) is 55.8 Å². The molecule has 3 rings (SSSR count). The van der Waals surface area contributed by atoms with E-state index < -0.39 is 21.9 Å². The number of nitrogens with zero attached hydrogens (tertiary/aromatic N) is 1. The van der Waals surface area contributed by atoms with E-state index in [0.717, 1.165) is 17.7 Å². The van der Waals surface area contributed by atoms with Crippen molar-refractivity contribution in [2.75, 3.05) is 18.5 Å². The van der Waals surface area contributed by atoms with E-state index in [4.69, 9.17) is 21.1 Å². The lowest BCUT2D eigenvalue weighted by Gasteiger charge is -2.32. The van der Waals surface area contributed by atoms with Gasteiger partial charge in [0, 0.05) is 5.56 Å². The second kappa shape index (κ2) is 9.16. The highest BCUT2D eigenvalue weighted by atomic mass is 35.5. The molecule has 0 unspecified atom stereocenters. The maximum Gasteiger partial charge on any atom is 0.264 e. The molecule has 1 atom stereocenters. The van der Waals surface area contributed by atoms with E-state index in [9.17, 15) is 12.8 Å². The molecular weight excluding hydrogens is 441 g/mol. The Morgan fingerprint density at radius 2 is 1.65 bits per heavy atom. The van der Waals surface area contributed by atoms with Gasteiger partial charge in [-0.2, -0.15) is 0 Å². The van der Waals surface area contributed by atoms with Crippen LogP contribution in [0.25, 0.3) is 0 Å². The van der Waals surface area contributed by atoms with Crippen molar-refractivity contribution in [3.63, 3.8) is 0 Å². The van der Waals surface area contributed by atoms with Gasteiger partial charge in [-0.05, 0) is 62.4 Å². The zero-order valence-electron chi connectivity index (χ0n) is 17.6. The van der Waals surface area contributed by atoms with Crippen LogP contribution in [0.3, 0.4) is 0 Å². The summed E-state index contributed by atoms with van der Waals surface area (Å²) in [6.07, 6.45) is 0. The molecule has 3 aromatic rings. The first-order chi connectivity index (χ1) is 14.7. The average Bonchev–Trinajstić information content (AvgIpc) is 2.76. The van der Waals surface area contributed by atoms with Crippen molar-refractivity contribution >= 4 is 27.3 Å². The summed E-state index contributed by atoms with van der Waals surface area (Å²) in [4.78, 5) is -0.117. The van der Waals surface area contributed by atoms with Gasteiger partial charge in [0.05, 0.1) is 35.9 Å². The van der Waals surface area contributed by atoms with E-state index in [1.54, 1.807) is 37.3 Å². The minimum atomic E-state index is -4.11. The van der Waals surface area contributed by atoms with Crippen molar-refractivity contribution in [3.8, 4) is 11.5 Å². The molecule has 0 amide bonds. The number of aryl methyl sites for hydroxylation is 1. The Morgan fingerprint density at radius 1 is 0.968 bits per heavy atom. The fraction of sp³-hybridized carbons (Fsp3) is 0.217. The molecule has 164 valence electrons. The molecule has 0 aliphatic heterocycles. The first-order valence-electron chi connectivity index (χ1n) is 9.47. The van der Waals surface area contributed by atoms with Gasteiger partial charge >= 0.3 is 0 Å². The highest BCUT2D eigenvalue weighted by Crippen LogP contribution is 2.39. The number of hydrogen-bond donors (Lipinski definition) is 0. The minimum Gasteiger partial charge on any atom is -0.497 e. The molecule has 0 fully saturated rings. The second-order valence-corrected chi connectivity index (χ2v) is 9.22. The summed E-state index contributed by atoms with van der Waals surface area (Å²) in [5.74, 6) is 0.386. The van der Waals surface area contributed by atoms with Crippen LogP contribution in [0.1, 0.15) is 24.1 Å². The molecule has 0 saturated carbocycles. The Kier molecular flexibility index (Phi) is 6.77. The van der Waals surface area contributed by atoms with Gasteiger partial charge in [-0.25, -0.2) is 12.8 Å². The summed E-state index contributed by atoms with van der Waals surface area (Å²) in [5.41, 5.74) is 2.04. The van der Waals surface area contributed by atoms with Crippen LogP contribution in [0.15, 0.2) is 65.6 Å². The highest BCUT2D eigenvalue weighted by molar-refractivity contribution is 7.92. The van der Waals surface area contributed by atoms with Gasteiger partial charge in [0.25, 0.3) is 10.0 Å². The highest BCUT2D eigenvalue weighted by Gasteiger charge is 2.32. The van der Waals surface area contributed by atoms with Crippen molar-refractivity contribution in [1.29, 1.82) is 0 Å². The number of hydrogen-bond acceptors (Lipinski definition) is 4. The SMILES string of the molecule is COc1ccc(OC)c([C@@H](C)N(c2ccc(C)cc2)S(=O)(=O)c2ccc(F)c(Cl)c2)c1. The molecule has 3 aromatic carbocycles. The van der Waals surface area contributed by atoms with Crippen LogP contribution in [-0.2, 0) is 10.0 Å².